The van der Waals surface area contributed by atoms with Gasteiger partial charge in [0.25, 0.3) is 5.91 Å². The van der Waals surface area contributed by atoms with Gasteiger partial charge < -0.3 is 16.0 Å². The van der Waals surface area contributed by atoms with Crippen LogP contribution in [0.5, 0.6) is 0 Å². The fourth-order valence-electron chi connectivity index (χ4n) is 3.55. The first kappa shape index (κ1) is 22.3. The van der Waals surface area contributed by atoms with E-state index in [0.717, 1.165) is 31.2 Å². The lowest BCUT2D eigenvalue weighted by molar-refractivity contribution is -0.113. The van der Waals surface area contributed by atoms with E-state index in [1.807, 2.05) is 36.4 Å². The van der Waals surface area contributed by atoms with Crippen molar-refractivity contribution in [2.75, 3.05) is 16.4 Å². The lowest BCUT2D eigenvalue weighted by atomic mass is 10.1. The summed E-state index contributed by atoms with van der Waals surface area (Å²) < 4.78 is 0.711. The predicted molar refractivity (Wildman–Crippen MR) is 129 cm³/mol. The lowest BCUT2D eigenvalue weighted by Crippen LogP contribution is -2.33. The zero-order valence-electron chi connectivity index (χ0n) is 17.5. The minimum Gasteiger partial charge on any atom is -0.356 e. The SMILES string of the molecule is O=C(CSc1nnc(NCc2ccccc2)s1)Nc1ccccc1C(=O)NC1CCCC1. The van der Waals surface area contributed by atoms with Crippen LogP contribution in [0.25, 0.3) is 0 Å². The van der Waals surface area contributed by atoms with Crippen molar-refractivity contribution < 1.29 is 9.59 Å². The number of rotatable bonds is 9. The van der Waals surface area contributed by atoms with E-state index in [4.69, 9.17) is 0 Å². The van der Waals surface area contributed by atoms with Gasteiger partial charge in [-0.15, -0.1) is 10.2 Å². The Balaban J connectivity index is 1.27. The van der Waals surface area contributed by atoms with Crippen LogP contribution < -0.4 is 16.0 Å². The lowest BCUT2D eigenvalue weighted by Gasteiger charge is -2.14. The van der Waals surface area contributed by atoms with Gasteiger partial charge in [-0.25, -0.2) is 0 Å². The average Bonchev–Trinajstić information content (AvgIpc) is 3.49. The van der Waals surface area contributed by atoms with Crippen molar-refractivity contribution in [1.29, 1.82) is 0 Å². The number of nitrogens with one attached hydrogen (secondary N) is 3. The van der Waals surface area contributed by atoms with Crippen molar-refractivity contribution in [2.45, 2.75) is 42.6 Å². The first-order valence-electron chi connectivity index (χ1n) is 10.6. The molecule has 1 saturated carbocycles. The molecule has 1 fully saturated rings. The minimum absolute atomic E-state index is 0.140. The van der Waals surface area contributed by atoms with Gasteiger partial charge in [0.2, 0.25) is 11.0 Å². The second-order valence-corrected chi connectivity index (χ2v) is 9.75. The van der Waals surface area contributed by atoms with E-state index in [2.05, 4.69) is 26.1 Å². The van der Waals surface area contributed by atoms with Crippen molar-refractivity contribution in [2.24, 2.45) is 0 Å². The van der Waals surface area contributed by atoms with E-state index in [1.54, 1.807) is 18.2 Å². The van der Waals surface area contributed by atoms with Crippen LogP contribution in [0.4, 0.5) is 10.8 Å². The molecule has 0 aliphatic heterocycles. The molecule has 3 aromatic rings. The van der Waals surface area contributed by atoms with Crippen LogP contribution in [0.2, 0.25) is 0 Å². The summed E-state index contributed by atoms with van der Waals surface area (Å²) in [5.41, 5.74) is 2.17. The van der Waals surface area contributed by atoms with Crippen LogP contribution in [0.15, 0.2) is 58.9 Å². The molecule has 1 heterocycles. The summed E-state index contributed by atoms with van der Waals surface area (Å²) >= 11 is 2.73. The number of carbonyl (C=O) groups excluding carboxylic acids is 2. The molecule has 4 rings (SSSR count). The molecule has 2 aromatic carbocycles. The van der Waals surface area contributed by atoms with Crippen LogP contribution in [0.3, 0.4) is 0 Å². The number of thioether (sulfide) groups is 1. The summed E-state index contributed by atoms with van der Waals surface area (Å²) in [6.45, 7) is 0.667. The molecular weight excluding hydrogens is 442 g/mol. The van der Waals surface area contributed by atoms with Crippen molar-refractivity contribution in [3.8, 4) is 0 Å². The third-order valence-corrected chi connectivity index (χ3v) is 7.17. The van der Waals surface area contributed by atoms with Crippen LogP contribution in [0, 0.1) is 0 Å². The smallest absolute Gasteiger partial charge is 0.253 e. The van der Waals surface area contributed by atoms with Crippen molar-refractivity contribution in [1.82, 2.24) is 15.5 Å². The maximum Gasteiger partial charge on any atom is 0.253 e. The fraction of sp³-hybridized carbons (Fsp3) is 0.304. The Labute approximate surface area is 195 Å². The fourth-order valence-corrected chi connectivity index (χ4v) is 5.10. The monoisotopic (exact) mass is 467 g/mol. The van der Waals surface area contributed by atoms with Gasteiger partial charge in [0, 0.05) is 12.6 Å². The maximum atomic E-state index is 12.7. The zero-order valence-corrected chi connectivity index (χ0v) is 19.2. The number of hydrogen-bond donors (Lipinski definition) is 3. The molecule has 1 aromatic heterocycles. The van der Waals surface area contributed by atoms with Crippen LogP contribution >= 0.6 is 23.1 Å². The topological polar surface area (TPSA) is 96.0 Å². The summed E-state index contributed by atoms with van der Waals surface area (Å²) in [6, 6.07) is 17.4. The molecule has 0 unspecified atom stereocenters. The maximum absolute atomic E-state index is 12.7. The Morgan fingerprint density at radius 2 is 1.75 bits per heavy atom. The third-order valence-electron chi connectivity index (χ3n) is 5.16. The highest BCUT2D eigenvalue weighted by Gasteiger charge is 2.20. The molecule has 0 atom stereocenters. The zero-order chi connectivity index (χ0) is 22.2. The van der Waals surface area contributed by atoms with Gasteiger partial charge in [-0.2, -0.15) is 0 Å². The van der Waals surface area contributed by atoms with Crippen molar-refractivity contribution in [3.05, 3.63) is 65.7 Å². The van der Waals surface area contributed by atoms with E-state index in [9.17, 15) is 9.59 Å². The van der Waals surface area contributed by atoms with E-state index in [1.165, 1.54) is 23.1 Å². The summed E-state index contributed by atoms with van der Waals surface area (Å²) in [5, 5.41) is 18.2. The number of amides is 2. The standard InChI is InChI=1S/C23H25N5O2S2/c29-20(15-31-23-28-27-22(32-23)24-14-16-8-2-1-3-9-16)26-19-13-7-6-12-18(19)21(30)25-17-10-4-5-11-17/h1-3,6-9,12-13,17H,4-5,10-11,14-15H2,(H,24,27)(H,25,30)(H,26,29). The van der Waals surface area contributed by atoms with Gasteiger partial charge in [-0.3, -0.25) is 9.59 Å². The molecule has 0 radical (unpaired) electrons. The number of anilines is 2. The Bertz CT molecular complexity index is 1050. The highest BCUT2D eigenvalue weighted by atomic mass is 32.2. The number of nitrogens with zero attached hydrogens (tertiary/aromatic N) is 2. The van der Waals surface area contributed by atoms with Crippen molar-refractivity contribution >= 4 is 45.7 Å². The molecule has 7 nitrogen and oxygen atoms in total. The predicted octanol–water partition coefficient (Wildman–Crippen LogP) is 4.55. The molecule has 1 aliphatic rings. The minimum atomic E-state index is -0.190. The van der Waals surface area contributed by atoms with Gasteiger partial charge in [0.1, 0.15) is 0 Å². The normalized spacial score (nSPS) is 13.6. The van der Waals surface area contributed by atoms with Crippen LogP contribution in [-0.2, 0) is 11.3 Å². The Hall–Kier alpha value is -2.91. The van der Waals surface area contributed by atoms with E-state index in [-0.39, 0.29) is 23.6 Å². The van der Waals surface area contributed by atoms with E-state index < -0.39 is 0 Å². The second-order valence-electron chi connectivity index (χ2n) is 7.55. The van der Waals surface area contributed by atoms with E-state index >= 15 is 0 Å². The highest BCUT2D eigenvalue weighted by Crippen LogP contribution is 2.26. The molecule has 0 bridgehead atoms. The van der Waals surface area contributed by atoms with Crippen LogP contribution in [0.1, 0.15) is 41.6 Å². The highest BCUT2D eigenvalue weighted by molar-refractivity contribution is 8.01. The van der Waals surface area contributed by atoms with Gasteiger partial charge >= 0.3 is 0 Å². The largest absolute Gasteiger partial charge is 0.356 e. The first-order valence-corrected chi connectivity index (χ1v) is 12.4. The van der Waals surface area contributed by atoms with Crippen LogP contribution in [-0.4, -0.2) is 33.8 Å². The average molecular weight is 468 g/mol. The number of hydrogen-bond acceptors (Lipinski definition) is 7. The molecule has 2 amide bonds. The summed E-state index contributed by atoms with van der Waals surface area (Å²) in [4.78, 5) is 25.2. The van der Waals surface area contributed by atoms with Gasteiger partial charge in [-0.05, 0) is 30.5 Å². The Morgan fingerprint density at radius 1 is 1.00 bits per heavy atom. The molecule has 0 spiro atoms. The quantitative estimate of drug-likeness (QED) is 0.400. The molecule has 9 heteroatoms. The first-order chi connectivity index (χ1) is 15.7. The van der Waals surface area contributed by atoms with Crippen molar-refractivity contribution in [3.63, 3.8) is 0 Å². The Kier molecular flexibility index (Phi) is 7.73. The third kappa shape index (κ3) is 6.30. The number of carbonyl (C=O) groups is 2. The molecule has 3 N–H and O–H groups in total. The summed E-state index contributed by atoms with van der Waals surface area (Å²) in [6.07, 6.45) is 4.33. The second kappa shape index (κ2) is 11.1. The Morgan fingerprint density at radius 3 is 2.56 bits per heavy atom. The molecule has 1 aliphatic carbocycles. The van der Waals surface area contributed by atoms with Gasteiger partial charge in [0.15, 0.2) is 4.34 Å². The molecular formula is C23H25N5O2S2. The van der Waals surface area contributed by atoms with Gasteiger partial charge in [0.05, 0.1) is 17.0 Å². The van der Waals surface area contributed by atoms with Gasteiger partial charge in [-0.1, -0.05) is 78.4 Å². The molecule has 0 saturated heterocycles. The summed E-state index contributed by atoms with van der Waals surface area (Å²) in [5.74, 6) is -0.143. The summed E-state index contributed by atoms with van der Waals surface area (Å²) in [7, 11) is 0. The molecule has 32 heavy (non-hydrogen) atoms. The number of aromatic nitrogens is 2. The van der Waals surface area contributed by atoms with E-state index in [0.29, 0.717) is 27.3 Å². The number of benzene rings is 2. The molecule has 166 valence electrons. The number of para-hydroxylation sites is 1.